The predicted molar refractivity (Wildman–Crippen MR) is 59.2 cm³/mol. The number of carbonyl (C=O) groups is 1. The normalized spacial score (nSPS) is 29.9. The zero-order chi connectivity index (χ0) is 11.5. The van der Waals surface area contributed by atoms with Crippen LogP contribution in [-0.2, 0) is 4.79 Å². The van der Waals surface area contributed by atoms with Gasteiger partial charge in [-0.15, -0.1) is 0 Å². The maximum absolute atomic E-state index is 11.6. The van der Waals surface area contributed by atoms with Gasteiger partial charge in [-0.3, -0.25) is 4.79 Å². The quantitative estimate of drug-likeness (QED) is 0.633. The fraction of sp³-hybridized carbons (Fsp3) is 0.909. The van der Waals surface area contributed by atoms with Crippen LogP contribution in [0.15, 0.2) is 0 Å². The summed E-state index contributed by atoms with van der Waals surface area (Å²) in [7, 11) is 0. The van der Waals surface area contributed by atoms with Crippen LogP contribution in [0.25, 0.3) is 0 Å². The average molecular weight is 214 g/mol. The van der Waals surface area contributed by atoms with Crippen molar-refractivity contribution >= 4 is 5.91 Å². The Morgan fingerprint density at radius 2 is 2.27 bits per heavy atom. The summed E-state index contributed by atoms with van der Waals surface area (Å²) < 4.78 is 0. The lowest BCUT2D eigenvalue weighted by Gasteiger charge is -2.23. The van der Waals surface area contributed by atoms with Crippen molar-refractivity contribution in [1.29, 1.82) is 0 Å². The predicted octanol–water partition coefficient (Wildman–Crippen LogP) is 0.391. The molecule has 88 valence electrons. The van der Waals surface area contributed by atoms with Crippen LogP contribution in [0.3, 0.4) is 0 Å². The number of nitrogens with one attached hydrogen (secondary N) is 1. The minimum absolute atomic E-state index is 0.121. The first kappa shape index (κ1) is 12.5. The van der Waals surface area contributed by atoms with Crippen LogP contribution in [0.5, 0.6) is 0 Å². The van der Waals surface area contributed by atoms with Gasteiger partial charge in [-0.1, -0.05) is 13.3 Å². The highest BCUT2D eigenvalue weighted by atomic mass is 16.3. The maximum Gasteiger partial charge on any atom is 0.239 e. The standard InChI is InChI=1S/C11H22N2O2/c1-3-11(2,12)10(15)13-7-8-5-4-6-9(8)14/h8-9,14H,3-7,12H2,1-2H3,(H,13,15). The van der Waals surface area contributed by atoms with Crippen molar-refractivity contribution in [3.63, 3.8) is 0 Å². The summed E-state index contributed by atoms with van der Waals surface area (Å²) in [6.07, 6.45) is 3.26. The summed E-state index contributed by atoms with van der Waals surface area (Å²) in [5.41, 5.74) is 5.02. The smallest absolute Gasteiger partial charge is 0.239 e. The van der Waals surface area contributed by atoms with Gasteiger partial charge in [-0.25, -0.2) is 0 Å². The van der Waals surface area contributed by atoms with Crippen molar-refractivity contribution in [3.05, 3.63) is 0 Å². The van der Waals surface area contributed by atoms with Gasteiger partial charge in [-0.2, -0.15) is 0 Å². The molecular formula is C11H22N2O2. The van der Waals surface area contributed by atoms with E-state index in [4.69, 9.17) is 5.73 Å². The van der Waals surface area contributed by atoms with E-state index in [1.54, 1.807) is 6.92 Å². The van der Waals surface area contributed by atoms with Crippen molar-refractivity contribution < 1.29 is 9.90 Å². The zero-order valence-corrected chi connectivity index (χ0v) is 9.62. The monoisotopic (exact) mass is 214 g/mol. The maximum atomic E-state index is 11.6. The van der Waals surface area contributed by atoms with Crippen molar-refractivity contribution in [2.24, 2.45) is 11.7 Å². The van der Waals surface area contributed by atoms with Crippen molar-refractivity contribution in [2.45, 2.75) is 51.2 Å². The van der Waals surface area contributed by atoms with E-state index in [0.717, 1.165) is 19.3 Å². The molecule has 0 aliphatic heterocycles. The molecule has 3 atom stereocenters. The first-order valence-electron chi connectivity index (χ1n) is 5.72. The Kier molecular flexibility index (Phi) is 4.11. The molecule has 1 rings (SSSR count). The van der Waals surface area contributed by atoms with Crippen LogP contribution in [-0.4, -0.2) is 29.2 Å². The van der Waals surface area contributed by atoms with E-state index in [1.807, 2.05) is 6.92 Å². The zero-order valence-electron chi connectivity index (χ0n) is 9.62. The molecule has 0 radical (unpaired) electrons. The third-order valence-electron chi connectivity index (χ3n) is 3.40. The van der Waals surface area contributed by atoms with Gasteiger partial charge in [0.1, 0.15) is 0 Å². The number of amides is 1. The van der Waals surface area contributed by atoms with E-state index in [9.17, 15) is 9.90 Å². The van der Waals surface area contributed by atoms with Gasteiger partial charge in [0.15, 0.2) is 0 Å². The molecule has 1 saturated carbocycles. The Bertz CT molecular complexity index is 229. The Balaban J connectivity index is 2.34. The highest BCUT2D eigenvalue weighted by molar-refractivity contribution is 5.85. The number of hydrogen-bond donors (Lipinski definition) is 3. The van der Waals surface area contributed by atoms with E-state index in [1.165, 1.54) is 0 Å². The number of hydrogen-bond acceptors (Lipinski definition) is 3. The molecule has 0 aromatic heterocycles. The molecule has 0 bridgehead atoms. The van der Waals surface area contributed by atoms with Crippen LogP contribution in [0.1, 0.15) is 39.5 Å². The van der Waals surface area contributed by atoms with E-state index < -0.39 is 5.54 Å². The summed E-state index contributed by atoms with van der Waals surface area (Å²) in [5, 5.41) is 12.4. The summed E-state index contributed by atoms with van der Waals surface area (Å²) in [4.78, 5) is 11.6. The molecule has 1 aliphatic carbocycles. The lowest BCUT2D eigenvalue weighted by atomic mass is 9.98. The second-order valence-electron chi connectivity index (χ2n) is 4.74. The van der Waals surface area contributed by atoms with E-state index in [2.05, 4.69) is 5.32 Å². The van der Waals surface area contributed by atoms with Gasteiger partial charge in [0.25, 0.3) is 0 Å². The fourth-order valence-electron chi connectivity index (χ4n) is 1.84. The third-order valence-corrected chi connectivity index (χ3v) is 3.40. The molecule has 1 amide bonds. The number of carbonyl (C=O) groups excluding carboxylic acids is 1. The highest BCUT2D eigenvalue weighted by Crippen LogP contribution is 2.24. The van der Waals surface area contributed by atoms with Gasteiger partial charge >= 0.3 is 0 Å². The number of rotatable bonds is 4. The Hall–Kier alpha value is -0.610. The Labute approximate surface area is 91.2 Å². The molecule has 0 aromatic rings. The van der Waals surface area contributed by atoms with Crippen LogP contribution >= 0.6 is 0 Å². The van der Waals surface area contributed by atoms with Gasteiger partial charge in [-0.05, 0) is 26.2 Å². The van der Waals surface area contributed by atoms with E-state index in [-0.39, 0.29) is 17.9 Å². The lowest BCUT2D eigenvalue weighted by Crippen LogP contribution is -2.52. The van der Waals surface area contributed by atoms with E-state index >= 15 is 0 Å². The summed E-state index contributed by atoms with van der Waals surface area (Å²) in [5.74, 6) is 0.0886. The van der Waals surface area contributed by atoms with Crippen LogP contribution < -0.4 is 11.1 Å². The molecule has 15 heavy (non-hydrogen) atoms. The second kappa shape index (κ2) is 4.94. The molecule has 0 spiro atoms. The Morgan fingerprint density at radius 3 is 2.73 bits per heavy atom. The first-order chi connectivity index (χ1) is 6.97. The third kappa shape index (κ3) is 3.18. The number of aliphatic hydroxyl groups excluding tert-OH is 1. The number of nitrogens with two attached hydrogens (primary N) is 1. The highest BCUT2D eigenvalue weighted by Gasteiger charge is 2.29. The topological polar surface area (TPSA) is 75.4 Å². The molecule has 4 heteroatoms. The van der Waals surface area contributed by atoms with Gasteiger partial charge in [0.05, 0.1) is 11.6 Å². The van der Waals surface area contributed by atoms with Crippen LogP contribution in [0.2, 0.25) is 0 Å². The summed E-state index contributed by atoms with van der Waals surface area (Å²) in [6, 6.07) is 0. The fourth-order valence-corrected chi connectivity index (χ4v) is 1.84. The van der Waals surface area contributed by atoms with Gasteiger partial charge < -0.3 is 16.2 Å². The molecule has 0 aromatic carbocycles. The van der Waals surface area contributed by atoms with Crippen molar-refractivity contribution in [2.75, 3.05) is 6.54 Å². The average Bonchev–Trinajstić information content (AvgIpc) is 2.60. The molecular weight excluding hydrogens is 192 g/mol. The minimum Gasteiger partial charge on any atom is -0.393 e. The molecule has 1 fully saturated rings. The minimum atomic E-state index is -0.788. The molecule has 4 N–H and O–H groups in total. The second-order valence-corrected chi connectivity index (χ2v) is 4.74. The van der Waals surface area contributed by atoms with Crippen molar-refractivity contribution in [1.82, 2.24) is 5.32 Å². The molecule has 0 saturated heterocycles. The number of aliphatic hydroxyl groups is 1. The summed E-state index contributed by atoms with van der Waals surface area (Å²) >= 11 is 0. The largest absolute Gasteiger partial charge is 0.393 e. The van der Waals surface area contributed by atoms with Gasteiger partial charge in [0.2, 0.25) is 5.91 Å². The Morgan fingerprint density at radius 1 is 1.60 bits per heavy atom. The first-order valence-corrected chi connectivity index (χ1v) is 5.72. The molecule has 0 heterocycles. The van der Waals surface area contributed by atoms with E-state index in [0.29, 0.717) is 13.0 Å². The van der Waals surface area contributed by atoms with Crippen molar-refractivity contribution in [3.8, 4) is 0 Å². The molecule has 1 aliphatic rings. The van der Waals surface area contributed by atoms with Crippen LogP contribution in [0, 0.1) is 5.92 Å². The SMILES string of the molecule is CCC(C)(N)C(=O)NCC1CCCC1O. The molecule has 3 unspecified atom stereocenters. The van der Waals surface area contributed by atoms with Crippen LogP contribution in [0.4, 0.5) is 0 Å². The lowest BCUT2D eigenvalue weighted by molar-refractivity contribution is -0.126. The molecule has 4 nitrogen and oxygen atoms in total. The summed E-state index contributed by atoms with van der Waals surface area (Å²) in [6.45, 7) is 4.17. The van der Waals surface area contributed by atoms with Gasteiger partial charge in [0, 0.05) is 12.5 Å².